The molecule has 2 N–H and O–H groups in total. The number of hydrogen-bond donors (Lipinski definition) is 1. The zero-order valence-corrected chi connectivity index (χ0v) is 10.7. The van der Waals surface area contributed by atoms with Gasteiger partial charge in [0, 0.05) is 4.90 Å². The highest BCUT2D eigenvalue weighted by Crippen LogP contribution is 2.31. The molecule has 0 saturated heterocycles. The van der Waals surface area contributed by atoms with Crippen molar-refractivity contribution < 1.29 is 0 Å². The Balaban J connectivity index is 2.04. The first kappa shape index (κ1) is 11.7. The maximum absolute atomic E-state index is 5.52. The van der Waals surface area contributed by atoms with E-state index in [2.05, 4.69) is 41.8 Å². The Morgan fingerprint density at radius 1 is 1.19 bits per heavy atom. The molecule has 0 aliphatic heterocycles. The summed E-state index contributed by atoms with van der Waals surface area (Å²) in [6.45, 7) is 0.766. The van der Waals surface area contributed by atoms with E-state index in [1.807, 2.05) is 11.8 Å². The maximum Gasteiger partial charge on any atom is 0.0646 e. The van der Waals surface area contributed by atoms with Gasteiger partial charge in [0.05, 0.1) is 4.21 Å². The van der Waals surface area contributed by atoms with Crippen molar-refractivity contribution in [1.82, 2.24) is 0 Å². The molecule has 0 amide bonds. The Bertz CT molecular complexity index is 423. The summed E-state index contributed by atoms with van der Waals surface area (Å²) in [6, 6.07) is 13.0. The van der Waals surface area contributed by atoms with Crippen LogP contribution in [0.15, 0.2) is 50.9 Å². The lowest BCUT2D eigenvalue weighted by Gasteiger charge is -2.03. The number of rotatable bonds is 5. The molecule has 1 heterocycles. The van der Waals surface area contributed by atoms with Crippen LogP contribution in [0.5, 0.6) is 0 Å². The van der Waals surface area contributed by atoms with Crippen molar-refractivity contribution in [3.05, 3.63) is 47.3 Å². The van der Waals surface area contributed by atoms with Gasteiger partial charge in [0.15, 0.2) is 0 Å². The molecule has 84 valence electrons. The lowest BCUT2D eigenvalue weighted by atomic mass is 10.1. The Labute approximate surface area is 105 Å². The number of nitrogens with two attached hydrogens (primary N) is 1. The quantitative estimate of drug-likeness (QED) is 0.872. The lowest BCUT2D eigenvalue weighted by molar-refractivity contribution is 0.831. The van der Waals surface area contributed by atoms with E-state index >= 15 is 0 Å². The van der Waals surface area contributed by atoms with Gasteiger partial charge >= 0.3 is 0 Å². The number of thiophene rings is 1. The molecule has 1 nitrogen and oxygen atoms in total. The summed E-state index contributed by atoms with van der Waals surface area (Å²) in [7, 11) is 0. The molecule has 0 aliphatic rings. The summed E-state index contributed by atoms with van der Waals surface area (Å²) in [6.07, 6.45) is 2.14. The van der Waals surface area contributed by atoms with Gasteiger partial charge in [-0.05, 0) is 48.5 Å². The second-order valence-electron chi connectivity index (χ2n) is 3.57. The first-order valence-electron chi connectivity index (χ1n) is 5.39. The fraction of sp³-hybridized carbons (Fsp3) is 0.231. The zero-order chi connectivity index (χ0) is 11.2. The molecular weight excluding hydrogens is 234 g/mol. The van der Waals surface area contributed by atoms with E-state index in [-0.39, 0.29) is 0 Å². The van der Waals surface area contributed by atoms with Crippen LogP contribution in [0.4, 0.5) is 0 Å². The van der Waals surface area contributed by atoms with Gasteiger partial charge in [-0.2, -0.15) is 0 Å². The van der Waals surface area contributed by atoms with Crippen molar-refractivity contribution in [2.75, 3.05) is 6.54 Å². The lowest BCUT2D eigenvalue weighted by Crippen LogP contribution is -2.00. The molecule has 3 heteroatoms. The first-order valence-corrected chi connectivity index (χ1v) is 7.08. The van der Waals surface area contributed by atoms with E-state index < -0.39 is 0 Å². The van der Waals surface area contributed by atoms with Gasteiger partial charge in [0.25, 0.3) is 0 Å². The van der Waals surface area contributed by atoms with Gasteiger partial charge in [-0.3, -0.25) is 0 Å². The third-order valence-corrected chi connectivity index (χ3v) is 4.31. The zero-order valence-electron chi connectivity index (χ0n) is 9.06. The van der Waals surface area contributed by atoms with Crippen LogP contribution in [0.25, 0.3) is 0 Å². The Hall–Kier alpha value is -0.770. The summed E-state index contributed by atoms with van der Waals surface area (Å²) < 4.78 is 1.34. The normalized spacial score (nSPS) is 10.6. The van der Waals surface area contributed by atoms with Crippen molar-refractivity contribution in [3.8, 4) is 0 Å². The fourth-order valence-electron chi connectivity index (χ4n) is 1.51. The average molecular weight is 249 g/mol. The summed E-state index contributed by atoms with van der Waals surface area (Å²) >= 11 is 3.61. The summed E-state index contributed by atoms with van der Waals surface area (Å²) in [5.41, 5.74) is 6.90. The standard InChI is InChI=1S/C13H15NS2/c14-8-2-5-11-4-1-6-12(10-11)16-13-7-3-9-15-13/h1,3-4,6-7,9-10H,2,5,8,14H2. The largest absolute Gasteiger partial charge is 0.330 e. The predicted molar refractivity (Wildman–Crippen MR) is 72.3 cm³/mol. The van der Waals surface area contributed by atoms with Crippen molar-refractivity contribution in [1.29, 1.82) is 0 Å². The average Bonchev–Trinajstić information content (AvgIpc) is 2.80. The molecule has 0 fully saturated rings. The molecular formula is C13H15NS2. The number of benzene rings is 1. The summed E-state index contributed by atoms with van der Waals surface area (Å²) in [4.78, 5) is 1.32. The Morgan fingerprint density at radius 3 is 2.88 bits per heavy atom. The van der Waals surface area contributed by atoms with Gasteiger partial charge in [0.2, 0.25) is 0 Å². The SMILES string of the molecule is NCCCc1cccc(Sc2cccs2)c1. The topological polar surface area (TPSA) is 26.0 Å². The molecule has 0 atom stereocenters. The van der Waals surface area contributed by atoms with Crippen molar-refractivity contribution in [2.24, 2.45) is 5.73 Å². The molecule has 0 radical (unpaired) electrons. The molecule has 1 aromatic heterocycles. The smallest absolute Gasteiger partial charge is 0.0646 e. The molecule has 0 spiro atoms. The minimum Gasteiger partial charge on any atom is -0.330 e. The summed E-state index contributed by atoms with van der Waals surface area (Å²) in [5.74, 6) is 0. The molecule has 0 unspecified atom stereocenters. The Morgan fingerprint density at radius 2 is 2.12 bits per heavy atom. The van der Waals surface area contributed by atoms with Crippen LogP contribution >= 0.6 is 23.1 Å². The van der Waals surface area contributed by atoms with Crippen molar-refractivity contribution >= 4 is 23.1 Å². The molecule has 0 aliphatic carbocycles. The Kier molecular flexibility index (Phi) is 4.45. The van der Waals surface area contributed by atoms with Crippen LogP contribution in [-0.2, 0) is 6.42 Å². The maximum atomic E-state index is 5.52. The predicted octanol–water partition coefficient (Wildman–Crippen LogP) is 3.79. The van der Waals surface area contributed by atoms with Crippen LogP contribution in [0.1, 0.15) is 12.0 Å². The van der Waals surface area contributed by atoms with Crippen LogP contribution in [0.2, 0.25) is 0 Å². The third kappa shape index (κ3) is 3.37. The fourth-order valence-corrected chi connectivity index (χ4v) is 3.34. The number of hydrogen-bond acceptors (Lipinski definition) is 3. The molecule has 16 heavy (non-hydrogen) atoms. The van der Waals surface area contributed by atoms with Gasteiger partial charge < -0.3 is 5.73 Å². The van der Waals surface area contributed by atoms with Gasteiger partial charge in [0.1, 0.15) is 0 Å². The highest BCUT2D eigenvalue weighted by atomic mass is 32.2. The molecule has 0 saturated carbocycles. The molecule has 0 bridgehead atoms. The highest BCUT2D eigenvalue weighted by Gasteiger charge is 1.99. The van der Waals surface area contributed by atoms with E-state index in [1.54, 1.807) is 11.3 Å². The van der Waals surface area contributed by atoms with Crippen molar-refractivity contribution in [2.45, 2.75) is 21.9 Å². The third-order valence-electron chi connectivity index (χ3n) is 2.28. The van der Waals surface area contributed by atoms with Gasteiger partial charge in [-0.1, -0.05) is 30.0 Å². The van der Waals surface area contributed by atoms with E-state index in [0.29, 0.717) is 0 Å². The molecule has 1 aromatic carbocycles. The number of aryl methyl sites for hydroxylation is 1. The molecule has 2 aromatic rings. The second kappa shape index (κ2) is 6.09. The van der Waals surface area contributed by atoms with E-state index in [9.17, 15) is 0 Å². The van der Waals surface area contributed by atoms with E-state index in [4.69, 9.17) is 5.73 Å². The van der Waals surface area contributed by atoms with Crippen molar-refractivity contribution in [3.63, 3.8) is 0 Å². The minimum atomic E-state index is 0.766. The van der Waals surface area contributed by atoms with Crippen LogP contribution in [-0.4, -0.2) is 6.54 Å². The van der Waals surface area contributed by atoms with E-state index in [0.717, 1.165) is 19.4 Å². The minimum absolute atomic E-state index is 0.766. The highest BCUT2D eigenvalue weighted by molar-refractivity contribution is 8.01. The van der Waals surface area contributed by atoms with Gasteiger partial charge in [-0.15, -0.1) is 11.3 Å². The second-order valence-corrected chi connectivity index (χ2v) is 5.90. The van der Waals surface area contributed by atoms with E-state index in [1.165, 1.54) is 14.7 Å². The monoisotopic (exact) mass is 249 g/mol. The van der Waals surface area contributed by atoms with Crippen LogP contribution in [0.3, 0.4) is 0 Å². The van der Waals surface area contributed by atoms with Gasteiger partial charge in [-0.25, -0.2) is 0 Å². The van der Waals surface area contributed by atoms with Crippen LogP contribution < -0.4 is 5.73 Å². The first-order chi connectivity index (χ1) is 7.88. The summed E-state index contributed by atoms with van der Waals surface area (Å²) in [5, 5.41) is 2.11. The van der Waals surface area contributed by atoms with Crippen LogP contribution in [0, 0.1) is 0 Å². The molecule has 2 rings (SSSR count).